The molecule has 0 aliphatic carbocycles. The molecule has 0 heterocycles. The molecule has 0 aliphatic rings. The van der Waals surface area contributed by atoms with Gasteiger partial charge in [0.2, 0.25) is 0 Å². The van der Waals surface area contributed by atoms with Crippen LogP contribution in [0.1, 0.15) is 197 Å². The molecule has 0 fully saturated rings. The average molecular weight is 1250 g/mol. The van der Waals surface area contributed by atoms with Gasteiger partial charge < -0.3 is 60.9 Å². The van der Waals surface area contributed by atoms with Crippen molar-refractivity contribution >= 4 is 48.1 Å². The Morgan fingerprint density at radius 2 is 0.589 bits per heavy atom. The quantitative estimate of drug-likeness (QED) is 0.0104. The number of alkyl carbamates (subject to hydrolysis) is 4. The summed E-state index contributed by atoms with van der Waals surface area (Å²) in [5.74, 6) is -1.30. The lowest BCUT2D eigenvalue weighted by Gasteiger charge is -2.19. The van der Waals surface area contributed by atoms with Crippen LogP contribution < -0.4 is 37.2 Å². The summed E-state index contributed by atoms with van der Waals surface area (Å²) in [7, 11) is 0. The number of hydrogen-bond donors (Lipinski definition) is 7. The van der Waals surface area contributed by atoms with Crippen LogP contribution >= 0.6 is 0 Å². The van der Waals surface area contributed by atoms with Crippen molar-refractivity contribution in [3.8, 4) is 0 Å². The summed E-state index contributed by atoms with van der Waals surface area (Å²) >= 11 is 0. The molecule has 4 rings (SSSR count). The lowest BCUT2D eigenvalue weighted by atomic mass is 9.98. The van der Waals surface area contributed by atoms with Gasteiger partial charge in [0.25, 0.3) is 17.7 Å². The lowest BCUT2D eigenvalue weighted by Crippen LogP contribution is -2.33. The highest BCUT2D eigenvalue weighted by Crippen LogP contribution is 2.20. The fourth-order valence-corrected chi connectivity index (χ4v) is 9.18. The largest absolute Gasteiger partial charge is 0.458 e. The molecule has 0 saturated carbocycles. The highest BCUT2D eigenvalue weighted by Gasteiger charge is 2.20. The minimum atomic E-state index is -0.625. The van der Waals surface area contributed by atoms with E-state index in [0.717, 1.165) is 50.6 Å². The molecule has 7 amide bonds. The van der Waals surface area contributed by atoms with Gasteiger partial charge in [0, 0.05) is 68.6 Å². The van der Waals surface area contributed by atoms with Crippen LogP contribution in [-0.2, 0) is 80.2 Å². The second-order valence-corrected chi connectivity index (χ2v) is 26.3. The van der Waals surface area contributed by atoms with E-state index in [0.29, 0.717) is 133 Å². The summed E-state index contributed by atoms with van der Waals surface area (Å²) in [6.07, 6.45) is 6.10. The first-order valence-electron chi connectivity index (χ1n) is 31.3. The number of esters is 1. The Kier molecular flexibility index (Phi) is 29.9. The SMILES string of the molecule is C=CC(=O)OCc1ccc(CNC(=O)c2cc(CCCNC(=O)c3cc(CCCNC(=O)OC(C)(C)C)cc(CCCNC(=O)OC(C)(C)C)c3)cc(CCCNC(=O)c3cc(CCCNC(=O)OC(C)(C)C)cc(CCCNC(=O)OC(C)(C)C)c3)c2)cc1. The van der Waals surface area contributed by atoms with Crippen LogP contribution in [0.3, 0.4) is 0 Å². The number of benzene rings is 4. The highest BCUT2D eigenvalue weighted by atomic mass is 16.6. The Bertz CT molecular complexity index is 2770. The number of hydrogen-bond acceptors (Lipinski definition) is 13. The van der Waals surface area contributed by atoms with Gasteiger partial charge in [-0.15, -0.1) is 0 Å². The maximum atomic E-state index is 13.9. The molecule has 4 aromatic carbocycles. The lowest BCUT2D eigenvalue weighted by molar-refractivity contribution is -0.139. The Morgan fingerprint density at radius 1 is 0.344 bits per heavy atom. The molecular weight excluding hydrogens is 1150 g/mol. The van der Waals surface area contributed by atoms with Crippen LogP contribution in [0.4, 0.5) is 19.2 Å². The van der Waals surface area contributed by atoms with Gasteiger partial charge in [-0.25, -0.2) is 24.0 Å². The molecule has 0 spiro atoms. The van der Waals surface area contributed by atoms with E-state index in [2.05, 4.69) is 49.9 Å². The smallest absolute Gasteiger partial charge is 0.407 e. The van der Waals surface area contributed by atoms with Crippen LogP contribution in [0, 0.1) is 0 Å². The Balaban J connectivity index is 1.47. The van der Waals surface area contributed by atoms with Crippen LogP contribution in [0.2, 0.25) is 0 Å². The van der Waals surface area contributed by atoms with Crippen molar-refractivity contribution in [2.24, 2.45) is 0 Å². The molecular formula is C70H99N7O13. The van der Waals surface area contributed by atoms with Crippen molar-refractivity contribution < 1.29 is 62.0 Å². The molecule has 0 unspecified atom stereocenters. The van der Waals surface area contributed by atoms with E-state index in [-0.39, 0.29) is 30.9 Å². The topological polar surface area (TPSA) is 267 Å². The molecule has 90 heavy (non-hydrogen) atoms. The molecule has 20 nitrogen and oxygen atoms in total. The summed E-state index contributed by atoms with van der Waals surface area (Å²) in [4.78, 5) is 102. The van der Waals surface area contributed by atoms with Crippen LogP contribution in [0.25, 0.3) is 0 Å². The molecule has 4 aromatic rings. The molecule has 0 aliphatic heterocycles. The third-order valence-corrected chi connectivity index (χ3v) is 13.1. The maximum Gasteiger partial charge on any atom is 0.407 e. The number of rotatable bonds is 32. The number of carbonyl (C=O) groups is 8. The van der Waals surface area contributed by atoms with Gasteiger partial charge >= 0.3 is 30.3 Å². The minimum Gasteiger partial charge on any atom is -0.458 e. The van der Waals surface area contributed by atoms with Gasteiger partial charge in [0.05, 0.1) is 0 Å². The maximum absolute atomic E-state index is 13.9. The van der Waals surface area contributed by atoms with E-state index in [1.165, 1.54) is 0 Å². The number of ether oxygens (including phenoxy) is 5. The first kappa shape index (κ1) is 74.0. The van der Waals surface area contributed by atoms with E-state index in [1.807, 2.05) is 72.8 Å². The van der Waals surface area contributed by atoms with E-state index in [9.17, 15) is 38.4 Å². The van der Waals surface area contributed by atoms with Crippen molar-refractivity contribution in [2.75, 3.05) is 39.3 Å². The van der Waals surface area contributed by atoms with Gasteiger partial charge in [-0.05, 0) is 241 Å². The zero-order valence-electron chi connectivity index (χ0n) is 55.2. The van der Waals surface area contributed by atoms with E-state index < -0.39 is 52.7 Å². The predicted molar refractivity (Wildman–Crippen MR) is 348 cm³/mol. The van der Waals surface area contributed by atoms with Crippen molar-refractivity contribution in [1.82, 2.24) is 37.2 Å². The Hall–Kier alpha value is -8.42. The van der Waals surface area contributed by atoms with Gasteiger partial charge in [0.15, 0.2) is 0 Å². The number of carbonyl (C=O) groups excluding carboxylic acids is 8. The van der Waals surface area contributed by atoms with Gasteiger partial charge in [-0.2, -0.15) is 0 Å². The number of aryl methyl sites for hydroxylation is 6. The summed E-state index contributed by atoms with van der Waals surface area (Å²) in [5.41, 5.74) is 6.06. The van der Waals surface area contributed by atoms with Crippen molar-refractivity contribution in [1.29, 1.82) is 0 Å². The Morgan fingerprint density at radius 3 is 0.844 bits per heavy atom. The molecule has 0 atom stereocenters. The predicted octanol–water partition coefficient (Wildman–Crippen LogP) is 11.4. The third kappa shape index (κ3) is 32.2. The summed E-state index contributed by atoms with van der Waals surface area (Å²) in [6, 6.07) is 24.7. The van der Waals surface area contributed by atoms with Crippen molar-refractivity contribution in [2.45, 2.75) is 196 Å². The standard InChI is InChI=1S/C70H99N7O13/c1-14-59(78)86-47-49-29-27-48(28-30-49)46-77-62(81)58-44-50(21-15-31-71-60(79)56-40-52(23-17-33-73-63(82)87-67(2,3)4)38-53(41-56)24-18-34-74-64(83)88-68(5,6)7)37-51(45-58)22-16-32-72-61(80)57-42-54(25-19-35-75-65(84)89-69(8,9)10)39-55(43-57)26-20-36-76-66(85)90-70(11,12)13/h14,27-30,37-45H,1,15-26,31-36,46-47H2,2-13H3,(H,71,79)(H,72,80)(H,73,82)(H,74,83)(H,75,84)(H,76,85)(H,77,81). The second-order valence-electron chi connectivity index (χ2n) is 26.3. The monoisotopic (exact) mass is 1250 g/mol. The number of amides is 7. The van der Waals surface area contributed by atoms with Crippen molar-refractivity contribution in [3.63, 3.8) is 0 Å². The van der Waals surface area contributed by atoms with E-state index in [1.54, 1.807) is 83.1 Å². The van der Waals surface area contributed by atoms with Gasteiger partial charge in [-0.3, -0.25) is 14.4 Å². The molecule has 0 aromatic heterocycles. The molecule has 0 bridgehead atoms. The fraction of sp³-hybridized carbons (Fsp3) is 0.514. The summed E-state index contributed by atoms with van der Waals surface area (Å²) in [5, 5.41) is 20.4. The zero-order valence-corrected chi connectivity index (χ0v) is 55.2. The highest BCUT2D eigenvalue weighted by molar-refractivity contribution is 5.96. The average Bonchev–Trinajstić information content (AvgIpc) is 1.33. The molecule has 20 heteroatoms. The summed E-state index contributed by atoms with van der Waals surface area (Å²) < 4.78 is 26.7. The molecule has 0 radical (unpaired) electrons. The number of nitrogens with one attached hydrogen (secondary N) is 7. The van der Waals surface area contributed by atoms with E-state index >= 15 is 0 Å². The molecule has 7 N–H and O–H groups in total. The van der Waals surface area contributed by atoms with E-state index in [4.69, 9.17) is 23.7 Å². The second kappa shape index (κ2) is 36.3. The molecule has 0 saturated heterocycles. The van der Waals surface area contributed by atoms with Crippen LogP contribution in [-0.4, -0.2) is 110 Å². The first-order chi connectivity index (χ1) is 42.3. The van der Waals surface area contributed by atoms with Crippen molar-refractivity contribution in [3.05, 3.63) is 153 Å². The molecule has 492 valence electrons. The zero-order chi connectivity index (χ0) is 66.5. The summed E-state index contributed by atoms with van der Waals surface area (Å²) in [6.45, 7) is 27.6. The Labute approximate surface area is 532 Å². The third-order valence-electron chi connectivity index (χ3n) is 13.1. The fourth-order valence-electron chi connectivity index (χ4n) is 9.18. The van der Waals surface area contributed by atoms with Gasteiger partial charge in [-0.1, -0.05) is 49.0 Å². The van der Waals surface area contributed by atoms with Crippen LogP contribution in [0.15, 0.2) is 91.5 Å². The first-order valence-corrected chi connectivity index (χ1v) is 31.3. The normalized spacial score (nSPS) is 11.5. The van der Waals surface area contributed by atoms with Crippen LogP contribution in [0.5, 0.6) is 0 Å². The van der Waals surface area contributed by atoms with Gasteiger partial charge in [0.1, 0.15) is 29.0 Å². The minimum absolute atomic E-state index is 0.0919.